The average Bonchev–Trinajstić information content (AvgIpc) is 3.19. The number of benzene rings is 1. The first kappa shape index (κ1) is 11.9. The highest BCUT2D eigenvalue weighted by Gasteiger charge is 2.01. The lowest BCUT2D eigenvalue weighted by molar-refractivity contribution is 1.51. The van der Waals surface area contributed by atoms with Gasteiger partial charge in [-0.1, -0.05) is 36.5 Å². The molecule has 0 saturated carbocycles. The van der Waals surface area contributed by atoms with E-state index in [0.29, 0.717) is 0 Å². The molecule has 0 bridgehead atoms. The van der Waals surface area contributed by atoms with E-state index in [1.54, 1.807) is 22.7 Å². The van der Waals surface area contributed by atoms with Crippen molar-refractivity contribution in [3.8, 4) is 0 Å². The monoisotopic (exact) mass is 292 g/mol. The molecule has 5 rings (SSSR count). The summed E-state index contributed by atoms with van der Waals surface area (Å²) in [7, 11) is 0. The van der Waals surface area contributed by atoms with Crippen molar-refractivity contribution < 1.29 is 0 Å². The van der Waals surface area contributed by atoms with Crippen molar-refractivity contribution in [1.82, 2.24) is 0 Å². The largest absolute Gasteiger partial charge is 0.143 e. The Bertz CT molecular complexity index is 848. The van der Waals surface area contributed by atoms with Crippen LogP contribution in [-0.2, 0) is 0 Å². The van der Waals surface area contributed by atoms with E-state index in [2.05, 4.69) is 71.5 Å². The minimum absolute atomic E-state index is 1.34. The topological polar surface area (TPSA) is 0 Å². The van der Waals surface area contributed by atoms with Crippen LogP contribution >= 0.6 is 22.7 Å². The highest BCUT2D eigenvalue weighted by molar-refractivity contribution is 7.25. The average molecular weight is 292 g/mol. The molecule has 0 atom stereocenters. The standard InChI is InChI=1S/C12H8.C6H4S2/c1-3-9-7-11-5-2-6-12(11)8-10(9)4-1;1-3-7-6-2-4-8-5(1)6/h1-8H;1-4H. The molecule has 0 aliphatic heterocycles. The fourth-order valence-electron chi connectivity index (χ4n) is 2.45. The van der Waals surface area contributed by atoms with Crippen molar-refractivity contribution in [2.24, 2.45) is 0 Å². The van der Waals surface area contributed by atoms with E-state index < -0.39 is 0 Å². The zero-order valence-electron chi connectivity index (χ0n) is 10.7. The molecular formula is C18H12S2. The first-order valence-electron chi connectivity index (χ1n) is 6.52. The van der Waals surface area contributed by atoms with Crippen LogP contribution in [-0.4, -0.2) is 0 Å². The molecule has 0 N–H and O–H groups in total. The molecule has 0 amide bonds. The van der Waals surface area contributed by atoms with Crippen molar-refractivity contribution in [3.63, 3.8) is 0 Å². The van der Waals surface area contributed by atoms with Crippen molar-refractivity contribution in [3.05, 3.63) is 68.7 Å². The van der Waals surface area contributed by atoms with Crippen LogP contribution in [0.15, 0.2) is 47.2 Å². The molecule has 96 valence electrons. The Kier molecular flexibility index (Phi) is 2.91. The summed E-state index contributed by atoms with van der Waals surface area (Å²) >= 11 is 3.61. The lowest BCUT2D eigenvalue weighted by Gasteiger charge is -1.94. The quantitative estimate of drug-likeness (QED) is 0.580. The van der Waals surface area contributed by atoms with E-state index in [9.17, 15) is 0 Å². The maximum Gasteiger partial charge on any atom is 0.0450 e. The SMILES string of the molecule is C1=Cc2cc3c(cc2=C1)C=CC=3.c1cc2sccc2s1. The Morgan fingerprint density at radius 1 is 0.650 bits per heavy atom. The van der Waals surface area contributed by atoms with Crippen LogP contribution in [0.25, 0.3) is 33.7 Å². The Morgan fingerprint density at radius 2 is 1.15 bits per heavy atom. The first-order valence-corrected chi connectivity index (χ1v) is 8.28. The predicted molar refractivity (Wildman–Crippen MR) is 92.4 cm³/mol. The summed E-state index contributed by atoms with van der Waals surface area (Å²) in [6.07, 6.45) is 12.8. The van der Waals surface area contributed by atoms with E-state index in [1.165, 1.54) is 31.0 Å². The number of allylic oxidation sites excluding steroid dienone is 2. The van der Waals surface area contributed by atoms with Gasteiger partial charge in [0.25, 0.3) is 0 Å². The third kappa shape index (κ3) is 2.07. The zero-order chi connectivity index (χ0) is 13.4. The maximum absolute atomic E-state index is 2.24. The second kappa shape index (κ2) is 4.89. The van der Waals surface area contributed by atoms with Crippen LogP contribution in [0, 0.1) is 0 Å². The zero-order valence-corrected chi connectivity index (χ0v) is 12.4. The van der Waals surface area contributed by atoms with Crippen LogP contribution in [0.1, 0.15) is 11.1 Å². The van der Waals surface area contributed by atoms with Crippen LogP contribution in [0.5, 0.6) is 0 Å². The van der Waals surface area contributed by atoms with Gasteiger partial charge in [-0.15, -0.1) is 22.7 Å². The molecular weight excluding hydrogens is 280 g/mol. The number of rotatable bonds is 0. The van der Waals surface area contributed by atoms with Gasteiger partial charge in [0.05, 0.1) is 0 Å². The molecule has 3 aromatic rings. The predicted octanol–water partition coefficient (Wildman–Crippen LogP) is 4.26. The molecule has 20 heavy (non-hydrogen) atoms. The van der Waals surface area contributed by atoms with Crippen molar-refractivity contribution in [2.45, 2.75) is 0 Å². The molecule has 0 saturated heterocycles. The van der Waals surface area contributed by atoms with Gasteiger partial charge in [0.2, 0.25) is 0 Å². The Balaban J connectivity index is 0.000000115. The van der Waals surface area contributed by atoms with Gasteiger partial charge in [-0.25, -0.2) is 0 Å². The summed E-state index contributed by atoms with van der Waals surface area (Å²) in [6.45, 7) is 0. The molecule has 2 aliphatic rings. The van der Waals surface area contributed by atoms with Gasteiger partial charge < -0.3 is 0 Å². The normalized spacial score (nSPS) is 13.4. The van der Waals surface area contributed by atoms with Crippen molar-refractivity contribution in [1.29, 1.82) is 0 Å². The molecule has 2 heteroatoms. The number of thiophene rings is 2. The molecule has 2 aliphatic carbocycles. The fourth-order valence-corrected chi connectivity index (χ4v) is 4.28. The molecule has 0 spiro atoms. The second-order valence-electron chi connectivity index (χ2n) is 4.73. The maximum atomic E-state index is 2.24. The van der Waals surface area contributed by atoms with Crippen LogP contribution < -0.4 is 10.4 Å². The van der Waals surface area contributed by atoms with Gasteiger partial charge >= 0.3 is 0 Å². The van der Waals surface area contributed by atoms with Gasteiger partial charge in [-0.3, -0.25) is 0 Å². The Hall–Kier alpha value is -1.90. The van der Waals surface area contributed by atoms with Crippen LogP contribution in [0.4, 0.5) is 0 Å². The summed E-state index contributed by atoms with van der Waals surface area (Å²) in [6, 6.07) is 8.80. The molecule has 2 aromatic heterocycles. The van der Waals surface area contributed by atoms with Crippen LogP contribution in [0.2, 0.25) is 0 Å². The van der Waals surface area contributed by atoms with Crippen molar-refractivity contribution >= 4 is 56.4 Å². The Morgan fingerprint density at radius 3 is 1.65 bits per heavy atom. The first-order chi connectivity index (χ1) is 9.90. The van der Waals surface area contributed by atoms with E-state index in [1.807, 2.05) is 0 Å². The molecule has 0 nitrogen and oxygen atoms in total. The van der Waals surface area contributed by atoms with Gasteiger partial charge in [-0.05, 0) is 56.6 Å². The third-order valence-corrected chi connectivity index (χ3v) is 5.36. The molecule has 1 aromatic carbocycles. The summed E-state index contributed by atoms with van der Waals surface area (Å²) in [5.41, 5.74) is 2.68. The smallest absolute Gasteiger partial charge is 0.0450 e. The lowest BCUT2D eigenvalue weighted by atomic mass is 10.1. The summed E-state index contributed by atoms with van der Waals surface area (Å²) < 4.78 is 2.82. The molecule has 0 radical (unpaired) electrons. The van der Waals surface area contributed by atoms with Crippen molar-refractivity contribution in [2.75, 3.05) is 0 Å². The number of hydrogen-bond donors (Lipinski definition) is 0. The third-order valence-electron chi connectivity index (χ3n) is 3.46. The number of fused-ring (bicyclic) bond motifs is 3. The van der Waals surface area contributed by atoms with Gasteiger partial charge in [0.1, 0.15) is 0 Å². The van der Waals surface area contributed by atoms with E-state index >= 15 is 0 Å². The fraction of sp³-hybridized carbons (Fsp3) is 0. The minimum Gasteiger partial charge on any atom is -0.143 e. The Labute approximate surface area is 125 Å². The van der Waals surface area contributed by atoms with E-state index in [0.717, 1.165) is 0 Å². The van der Waals surface area contributed by atoms with Gasteiger partial charge in [-0.2, -0.15) is 0 Å². The van der Waals surface area contributed by atoms with Gasteiger partial charge in [0.15, 0.2) is 0 Å². The van der Waals surface area contributed by atoms with E-state index in [4.69, 9.17) is 0 Å². The highest BCUT2D eigenvalue weighted by Crippen LogP contribution is 2.25. The molecule has 2 heterocycles. The summed E-state index contributed by atoms with van der Waals surface area (Å²) in [4.78, 5) is 0. The minimum atomic E-state index is 1.34. The van der Waals surface area contributed by atoms with E-state index in [-0.39, 0.29) is 0 Å². The van der Waals surface area contributed by atoms with Crippen LogP contribution in [0.3, 0.4) is 0 Å². The molecule has 0 fully saturated rings. The molecule has 0 unspecified atom stereocenters. The lowest BCUT2D eigenvalue weighted by Crippen LogP contribution is -2.12. The number of hydrogen-bond acceptors (Lipinski definition) is 2. The van der Waals surface area contributed by atoms with Gasteiger partial charge in [0, 0.05) is 9.40 Å². The summed E-state index contributed by atoms with van der Waals surface area (Å²) in [5.74, 6) is 0. The highest BCUT2D eigenvalue weighted by atomic mass is 32.1. The summed E-state index contributed by atoms with van der Waals surface area (Å²) in [5, 5.41) is 6.94. The second-order valence-corrected chi connectivity index (χ2v) is 6.63.